The Bertz CT molecular complexity index is 624. The van der Waals surface area contributed by atoms with Gasteiger partial charge in [0.25, 0.3) is 0 Å². The predicted molar refractivity (Wildman–Crippen MR) is 89.3 cm³/mol. The molecule has 0 bridgehead atoms. The summed E-state index contributed by atoms with van der Waals surface area (Å²) < 4.78 is 14.2. The van der Waals surface area contributed by atoms with Crippen LogP contribution in [0.5, 0.6) is 0 Å². The van der Waals surface area contributed by atoms with Gasteiger partial charge in [-0.2, -0.15) is 0 Å². The van der Waals surface area contributed by atoms with Gasteiger partial charge in [-0.25, -0.2) is 4.39 Å². The fourth-order valence-electron chi connectivity index (χ4n) is 2.75. The Morgan fingerprint density at radius 2 is 1.86 bits per heavy atom. The van der Waals surface area contributed by atoms with Crippen LogP contribution >= 0.6 is 15.9 Å². The molecule has 2 aromatic carbocycles. The Morgan fingerprint density at radius 3 is 2.67 bits per heavy atom. The number of nitrogens with zero attached hydrogens (tertiary/aromatic N) is 1. The number of halogens is 2. The maximum absolute atomic E-state index is 13.3. The second kappa shape index (κ2) is 6.48. The minimum Gasteiger partial charge on any atom is -0.380 e. The summed E-state index contributed by atoms with van der Waals surface area (Å²) in [4.78, 5) is 2.43. The zero-order chi connectivity index (χ0) is 14.7. The highest BCUT2D eigenvalue weighted by Gasteiger charge is 2.15. The molecule has 1 aliphatic rings. The lowest BCUT2D eigenvalue weighted by molar-refractivity contribution is 0.628. The third-order valence-electron chi connectivity index (χ3n) is 3.84. The summed E-state index contributed by atoms with van der Waals surface area (Å²) in [6, 6.07) is 13.1. The molecule has 0 aliphatic carbocycles. The maximum atomic E-state index is 13.3. The number of anilines is 2. The van der Waals surface area contributed by atoms with Crippen molar-refractivity contribution in [3.63, 3.8) is 0 Å². The standard InChI is InChI=1S/C17H18BrFN2/c18-15-8-7-14(19)11-16(15)20-12-13-5-1-2-6-17(13)21-9-3-4-10-21/h1-2,5-8,11,20H,3-4,9-10,12H2. The van der Waals surface area contributed by atoms with E-state index < -0.39 is 0 Å². The lowest BCUT2D eigenvalue weighted by Crippen LogP contribution is -2.19. The highest BCUT2D eigenvalue weighted by atomic mass is 79.9. The van der Waals surface area contributed by atoms with Crippen LogP contribution in [0.3, 0.4) is 0 Å². The number of para-hydroxylation sites is 1. The van der Waals surface area contributed by atoms with E-state index in [-0.39, 0.29) is 5.82 Å². The van der Waals surface area contributed by atoms with Crippen molar-refractivity contribution < 1.29 is 4.39 Å². The van der Waals surface area contributed by atoms with Crippen molar-refractivity contribution >= 4 is 27.3 Å². The van der Waals surface area contributed by atoms with Crippen molar-refractivity contribution in [2.75, 3.05) is 23.3 Å². The van der Waals surface area contributed by atoms with Crippen molar-refractivity contribution in [2.45, 2.75) is 19.4 Å². The van der Waals surface area contributed by atoms with E-state index in [1.165, 1.54) is 36.2 Å². The van der Waals surface area contributed by atoms with E-state index in [0.29, 0.717) is 6.54 Å². The van der Waals surface area contributed by atoms with Gasteiger partial charge in [0.15, 0.2) is 0 Å². The molecule has 1 fully saturated rings. The molecule has 0 atom stereocenters. The van der Waals surface area contributed by atoms with Gasteiger partial charge in [-0.05, 0) is 58.6 Å². The summed E-state index contributed by atoms with van der Waals surface area (Å²) in [5, 5.41) is 3.32. The Labute approximate surface area is 133 Å². The Hall–Kier alpha value is -1.55. The van der Waals surface area contributed by atoms with Crippen LogP contribution in [0.15, 0.2) is 46.9 Å². The minimum absolute atomic E-state index is 0.228. The van der Waals surface area contributed by atoms with Crippen LogP contribution in [-0.4, -0.2) is 13.1 Å². The largest absolute Gasteiger partial charge is 0.380 e. The number of hydrogen-bond acceptors (Lipinski definition) is 2. The SMILES string of the molecule is Fc1ccc(Br)c(NCc2ccccc2N2CCCC2)c1. The first-order valence-electron chi connectivity index (χ1n) is 7.26. The average molecular weight is 349 g/mol. The topological polar surface area (TPSA) is 15.3 Å². The first kappa shape index (κ1) is 14.4. The summed E-state index contributed by atoms with van der Waals surface area (Å²) in [5.41, 5.74) is 3.32. The molecule has 0 amide bonds. The quantitative estimate of drug-likeness (QED) is 0.853. The number of benzene rings is 2. The molecular formula is C17H18BrFN2. The zero-order valence-electron chi connectivity index (χ0n) is 11.8. The number of hydrogen-bond donors (Lipinski definition) is 1. The fraction of sp³-hybridized carbons (Fsp3) is 0.294. The summed E-state index contributed by atoms with van der Waals surface area (Å²) in [5.74, 6) is -0.228. The molecule has 110 valence electrons. The highest BCUT2D eigenvalue weighted by Crippen LogP contribution is 2.27. The lowest BCUT2D eigenvalue weighted by atomic mass is 10.1. The Kier molecular flexibility index (Phi) is 4.44. The van der Waals surface area contributed by atoms with Gasteiger partial charge in [0.1, 0.15) is 5.82 Å². The third-order valence-corrected chi connectivity index (χ3v) is 4.53. The third kappa shape index (κ3) is 3.38. The van der Waals surface area contributed by atoms with E-state index in [9.17, 15) is 4.39 Å². The molecule has 2 aromatic rings. The van der Waals surface area contributed by atoms with Crippen molar-refractivity contribution in [3.8, 4) is 0 Å². The second-order valence-corrected chi connectivity index (χ2v) is 6.15. The second-order valence-electron chi connectivity index (χ2n) is 5.30. The molecule has 4 heteroatoms. The molecule has 0 saturated carbocycles. The molecule has 3 rings (SSSR count). The summed E-state index contributed by atoms with van der Waals surface area (Å²) >= 11 is 3.45. The molecular weight excluding hydrogens is 331 g/mol. The van der Waals surface area contributed by atoms with Crippen molar-refractivity contribution in [2.24, 2.45) is 0 Å². The molecule has 1 aliphatic heterocycles. The molecule has 2 nitrogen and oxygen atoms in total. The van der Waals surface area contributed by atoms with Gasteiger partial charge in [-0.15, -0.1) is 0 Å². The summed E-state index contributed by atoms with van der Waals surface area (Å²) in [6.07, 6.45) is 2.52. The Morgan fingerprint density at radius 1 is 1.10 bits per heavy atom. The molecule has 1 saturated heterocycles. The molecule has 0 aromatic heterocycles. The van der Waals surface area contributed by atoms with Crippen molar-refractivity contribution in [3.05, 3.63) is 58.3 Å². The lowest BCUT2D eigenvalue weighted by Gasteiger charge is -2.22. The van der Waals surface area contributed by atoms with Gasteiger partial charge < -0.3 is 10.2 Å². The van der Waals surface area contributed by atoms with E-state index >= 15 is 0 Å². The summed E-state index contributed by atoms with van der Waals surface area (Å²) in [6.45, 7) is 2.94. The van der Waals surface area contributed by atoms with Gasteiger partial charge in [-0.3, -0.25) is 0 Å². The van der Waals surface area contributed by atoms with Crippen LogP contribution in [0.25, 0.3) is 0 Å². The van der Waals surface area contributed by atoms with E-state index in [1.54, 1.807) is 6.07 Å². The van der Waals surface area contributed by atoms with Crippen LogP contribution in [0.4, 0.5) is 15.8 Å². The Balaban J connectivity index is 1.77. The van der Waals surface area contributed by atoms with Gasteiger partial charge in [0.05, 0.1) is 5.69 Å². The van der Waals surface area contributed by atoms with Crippen molar-refractivity contribution in [1.29, 1.82) is 0 Å². The first-order valence-corrected chi connectivity index (χ1v) is 8.05. The predicted octanol–water partition coefficient (Wildman–Crippen LogP) is 4.80. The van der Waals surface area contributed by atoms with Crippen LogP contribution < -0.4 is 10.2 Å². The number of nitrogens with one attached hydrogen (secondary N) is 1. The van der Waals surface area contributed by atoms with Crippen LogP contribution in [-0.2, 0) is 6.54 Å². The maximum Gasteiger partial charge on any atom is 0.125 e. The van der Waals surface area contributed by atoms with Crippen LogP contribution in [0.2, 0.25) is 0 Å². The van der Waals surface area contributed by atoms with Crippen molar-refractivity contribution in [1.82, 2.24) is 0 Å². The normalized spacial score (nSPS) is 14.5. The molecule has 1 heterocycles. The van der Waals surface area contributed by atoms with Crippen LogP contribution in [0.1, 0.15) is 18.4 Å². The van der Waals surface area contributed by atoms with Gasteiger partial charge >= 0.3 is 0 Å². The van der Waals surface area contributed by atoms with E-state index in [4.69, 9.17) is 0 Å². The zero-order valence-corrected chi connectivity index (χ0v) is 13.4. The first-order chi connectivity index (χ1) is 10.2. The number of rotatable bonds is 4. The van der Waals surface area contributed by atoms with E-state index in [2.05, 4.69) is 50.4 Å². The van der Waals surface area contributed by atoms with E-state index in [1.807, 2.05) is 0 Å². The van der Waals surface area contributed by atoms with E-state index in [0.717, 1.165) is 23.2 Å². The molecule has 0 spiro atoms. The smallest absolute Gasteiger partial charge is 0.125 e. The molecule has 1 N–H and O–H groups in total. The highest BCUT2D eigenvalue weighted by molar-refractivity contribution is 9.10. The molecule has 21 heavy (non-hydrogen) atoms. The van der Waals surface area contributed by atoms with Crippen LogP contribution in [0, 0.1) is 5.82 Å². The summed E-state index contributed by atoms with van der Waals surface area (Å²) in [7, 11) is 0. The average Bonchev–Trinajstić information content (AvgIpc) is 3.03. The molecule has 0 radical (unpaired) electrons. The molecule has 0 unspecified atom stereocenters. The van der Waals surface area contributed by atoms with Gasteiger partial charge in [-0.1, -0.05) is 18.2 Å². The van der Waals surface area contributed by atoms with Gasteiger partial charge in [0.2, 0.25) is 0 Å². The fourth-order valence-corrected chi connectivity index (χ4v) is 3.14. The van der Waals surface area contributed by atoms with Gasteiger partial charge in [0, 0.05) is 29.8 Å². The minimum atomic E-state index is -0.228. The monoisotopic (exact) mass is 348 g/mol.